The van der Waals surface area contributed by atoms with Crippen LogP contribution in [0.4, 0.5) is 19.0 Å². The first-order chi connectivity index (χ1) is 11.6. The van der Waals surface area contributed by atoms with Crippen molar-refractivity contribution in [1.82, 2.24) is 15.4 Å². The first kappa shape index (κ1) is 18.7. The van der Waals surface area contributed by atoms with Crippen LogP contribution in [0, 0.1) is 6.92 Å². The topological polar surface area (TPSA) is 105 Å². The van der Waals surface area contributed by atoms with Crippen LogP contribution in [0.25, 0.3) is 0 Å². The number of hydrogen-bond acceptors (Lipinski definition) is 5. The molecular formula is C14H17F3N4O4. The van der Waals surface area contributed by atoms with Crippen LogP contribution in [-0.4, -0.2) is 52.6 Å². The zero-order valence-corrected chi connectivity index (χ0v) is 13.5. The van der Waals surface area contributed by atoms with E-state index in [9.17, 15) is 27.6 Å². The van der Waals surface area contributed by atoms with Crippen molar-refractivity contribution in [2.24, 2.45) is 0 Å². The molecule has 11 heteroatoms. The Labute approximate surface area is 140 Å². The van der Waals surface area contributed by atoms with Crippen LogP contribution in [0.3, 0.4) is 0 Å². The zero-order chi connectivity index (χ0) is 18.8. The smallest absolute Gasteiger partial charge is 0.360 e. The van der Waals surface area contributed by atoms with Gasteiger partial charge < -0.3 is 20.1 Å². The van der Waals surface area contributed by atoms with Gasteiger partial charge in [0.05, 0.1) is 0 Å². The second-order valence-corrected chi connectivity index (χ2v) is 5.70. The molecule has 3 amide bonds. The number of hydrogen-bond donors (Lipinski definition) is 2. The van der Waals surface area contributed by atoms with Crippen molar-refractivity contribution in [1.29, 1.82) is 0 Å². The highest BCUT2D eigenvalue weighted by Crippen LogP contribution is 2.25. The zero-order valence-electron chi connectivity index (χ0n) is 13.5. The van der Waals surface area contributed by atoms with Crippen molar-refractivity contribution < 1.29 is 32.1 Å². The maximum atomic E-state index is 12.6. The lowest BCUT2D eigenvalue weighted by Gasteiger charge is -2.25. The van der Waals surface area contributed by atoms with E-state index in [1.54, 1.807) is 6.92 Å². The second-order valence-electron chi connectivity index (χ2n) is 5.70. The van der Waals surface area contributed by atoms with Crippen molar-refractivity contribution in [3.05, 3.63) is 11.8 Å². The van der Waals surface area contributed by atoms with Gasteiger partial charge in [-0.1, -0.05) is 5.16 Å². The Morgan fingerprint density at radius 2 is 2.08 bits per heavy atom. The lowest BCUT2D eigenvalue weighted by molar-refractivity contribution is -0.186. The Kier molecular flexibility index (Phi) is 5.33. The third kappa shape index (κ3) is 4.48. The SMILES string of the molecule is Cc1cc(NC(=O)[C@H](C)NC(=O)C2CCCN2C(=O)C(F)(F)F)no1. The minimum absolute atomic E-state index is 0.102. The fraction of sp³-hybridized carbons (Fsp3) is 0.571. The fourth-order valence-electron chi connectivity index (χ4n) is 2.48. The summed E-state index contributed by atoms with van der Waals surface area (Å²) in [5, 5.41) is 8.27. The van der Waals surface area contributed by atoms with Crippen LogP contribution in [0.15, 0.2) is 10.6 Å². The van der Waals surface area contributed by atoms with E-state index in [1.165, 1.54) is 13.0 Å². The first-order valence-electron chi connectivity index (χ1n) is 7.52. The Hall–Kier alpha value is -2.59. The van der Waals surface area contributed by atoms with Gasteiger partial charge in [-0.05, 0) is 26.7 Å². The molecule has 0 spiro atoms. The Balaban J connectivity index is 1.95. The van der Waals surface area contributed by atoms with E-state index in [4.69, 9.17) is 4.52 Å². The molecule has 2 N–H and O–H groups in total. The van der Waals surface area contributed by atoms with E-state index in [0.29, 0.717) is 10.7 Å². The van der Waals surface area contributed by atoms with Crippen molar-refractivity contribution in [3.8, 4) is 0 Å². The van der Waals surface area contributed by atoms with Gasteiger partial charge in [0, 0.05) is 12.6 Å². The van der Waals surface area contributed by atoms with Crippen LogP contribution in [-0.2, 0) is 14.4 Å². The number of anilines is 1. The molecule has 2 atom stereocenters. The summed E-state index contributed by atoms with van der Waals surface area (Å²) in [7, 11) is 0. The van der Waals surface area contributed by atoms with E-state index in [1.807, 2.05) is 0 Å². The minimum Gasteiger partial charge on any atom is -0.360 e. The van der Waals surface area contributed by atoms with Gasteiger partial charge in [-0.25, -0.2) is 0 Å². The summed E-state index contributed by atoms with van der Waals surface area (Å²) < 4.78 is 42.5. The van der Waals surface area contributed by atoms with Crippen LogP contribution in [0.2, 0.25) is 0 Å². The lowest BCUT2D eigenvalue weighted by atomic mass is 10.2. The van der Waals surface area contributed by atoms with Crippen molar-refractivity contribution in [2.75, 3.05) is 11.9 Å². The number of rotatable bonds is 4. The standard InChI is InChI=1S/C14H17F3N4O4/c1-7-6-10(20-25-7)19-11(22)8(2)18-12(23)9-4-3-5-21(9)13(24)14(15,16)17/h6,8-9H,3-5H2,1-2H3,(H,18,23)(H,19,20,22)/t8-,9?/m0/s1. The average Bonchev–Trinajstić information content (AvgIpc) is 3.14. The predicted molar refractivity (Wildman–Crippen MR) is 78.3 cm³/mol. The monoisotopic (exact) mass is 362 g/mol. The number of likely N-dealkylation sites (tertiary alicyclic amines) is 1. The van der Waals surface area contributed by atoms with Gasteiger partial charge in [0.15, 0.2) is 5.82 Å². The lowest BCUT2D eigenvalue weighted by Crippen LogP contribution is -2.53. The third-order valence-corrected chi connectivity index (χ3v) is 3.69. The van der Waals surface area contributed by atoms with Gasteiger partial charge in [-0.15, -0.1) is 0 Å². The molecule has 1 aliphatic heterocycles. The molecule has 0 aliphatic carbocycles. The number of carbonyl (C=O) groups excluding carboxylic acids is 3. The molecule has 1 aliphatic rings. The highest BCUT2D eigenvalue weighted by molar-refractivity contribution is 5.98. The molecule has 2 heterocycles. The number of aromatic nitrogens is 1. The average molecular weight is 362 g/mol. The normalized spacial score (nSPS) is 18.8. The van der Waals surface area contributed by atoms with Crippen LogP contribution in [0.5, 0.6) is 0 Å². The predicted octanol–water partition coefficient (Wildman–Crippen LogP) is 0.980. The van der Waals surface area contributed by atoms with Gasteiger partial charge >= 0.3 is 12.1 Å². The number of halogens is 3. The molecule has 25 heavy (non-hydrogen) atoms. The Bertz CT molecular complexity index is 673. The molecule has 1 unspecified atom stereocenters. The number of carbonyl (C=O) groups is 3. The largest absolute Gasteiger partial charge is 0.471 e. The summed E-state index contributed by atoms with van der Waals surface area (Å²) in [5.74, 6) is -2.86. The molecule has 1 fully saturated rings. The summed E-state index contributed by atoms with van der Waals surface area (Å²) >= 11 is 0. The molecule has 1 aromatic rings. The van der Waals surface area contributed by atoms with Crippen molar-refractivity contribution in [2.45, 2.75) is 44.9 Å². The van der Waals surface area contributed by atoms with E-state index >= 15 is 0 Å². The molecule has 1 saturated heterocycles. The first-order valence-corrected chi connectivity index (χ1v) is 7.52. The van der Waals surface area contributed by atoms with E-state index in [-0.39, 0.29) is 25.2 Å². The number of nitrogens with zero attached hydrogens (tertiary/aromatic N) is 2. The fourth-order valence-corrected chi connectivity index (χ4v) is 2.48. The Morgan fingerprint density at radius 1 is 1.40 bits per heavy atom. The molecule has 1 aromatic heterocycles. The maximum Gasteiger partial charge on any atom is 0.471 e. The highest BCUT2D eigenvalue weighted by atomic mass is 19.4. The maximum absolute atomic E-state index is 12.6. The van der Waals surface area contributed by atoms with Crippen molar-refractivity contribution in [3.63, 3.8) is 0 Å². The summed E-state index contributed by atoms with van der Waals surface area (Å²) in [6.07, 6.45) is -4.67. The van der Waals surface area contributed by atoms with E-state index < -0.39 is 36.0 Å². The highest BCUT2D eigenvalue weighted by Gasteiger charge is 2.47. The molecule has 138 valence electrons. The number of amides is 3. The summed E-state index contributed by atoms with van der Waals surface area (Å²) in [6.45, 7) is 2.83. The van der Waals surface area contributed by atoms with Crippen LogP contribution >= 0.6 is 0 Å². The van der Waals surface area contributed by atoms with Gasteiger partial charge in [0.1, 0.15) is 17.8 Å². The van der Waals surface area contributed by atoms with Crippen LogP contribution in [0.1, 0.15) is 25.5 Å². The molecule has 0 saturated carbocycles. The van der Waals surface area contributed by atoms with E-state index in [0.717, 1.165) is 0 Å². The molecule has 8 nitrogen and oxygen atoms in total. The van der Waals surface area contributed by atoms with Gasteiger partial charge in [0.25, 0.3) is 0 Å². The van der Waals surface area contributed by atoms with E-state index in [2.05, 4.69) is 15.8 Å². The molecule has 0 bridgehead atoms. The van der Waals surface area contributed by atoms with Crippen molar-refractivity contribution >= 4 is 23.5 Å². The van der Waals surface area contributed by atoms with Gasteiger partial charge in [-0.3, -0.25) is 14.4 Å². The third-order valence-electron chi connectivity index (χ3n) is 3.69. The summed E-state index contributed by atoms with van der Waals surface area (Å²) in [6, 6.07) is -0.820. The Morgan fingerprint density at radius 3 is 2.64 bits per heavy atom. The summed E-state index contributed by atoms with van der Waals surface area (Å²) in [4.78, 5) is 36.0. The molecular weight excluding hydrogens is 345 g/mol. The molecule has 0 radical (unpaired) electrons. The van der Waals surface area contributed by atoms with Gasteiger partial charge in [-0.2, -0.15) is 13.2 Å². The van der Waals surface area contributed by atoms with Gasteiger partial charge in [0.2, 0.25) is 11.8 Å². The second kappa shape index (κ2) is 7.11. The minimum atomic E-state index is -5.04. The number of nitrogens with one attached hydrogen (secondary N) is 2. The number of alkyl halides is 3. The quantitative estimate of drug-likeness (QED) is 0.831. The number of aryl methyl sites for hydroxylation is 1. The summed E-state index contributed by atoms with van der Waals surface area (Å²) in [5.41, 5.74) is 0. The molecule has 0 aromatic carbocycles. The molecule has 2 rings (SSSR count). The van der Waals surface area contributed by atoms with Crippen LogP contribution < -0.4 is 10.6 Å².